The van der Waals surface area contributed by atoms with E-state index in [2.05, 4.69) is 28.2 Å². The van der Waals surface area contributed by atoms with Crippen LogP contribution in [-0.4, -0.2) is 37.1 Å². The first-order valence-corrected chi connectivity index (χ1v) is 6.91. The predicted octanol–water partition coefficient (Wildman–Crippen LogP) is 0.0704. The van der Waals surface area contributed by atoms with Crippen LogP contribution in [0, 0.1) is 0 Å². The highest BCUT2D eigenvalue weighted by molar-refractivity contribution is 6.19. The molecule has 102 valence electrons. The molecule has 4 atom stereocenters. The largest absolute Gasteiger partial charge is 0.314 e. The van der Waals surface area contributed by atoms with Gasteiger partial charge in [-0.1, -0.05) is 18.5 Å². The normalized spacial score (nSPS) is 28.2. The van der Waals surface area contributed by atoms with Crippen LogP contribution in [0.1, 0.15) is 33.1 Å². The second-order valence-corrected chi connectivity index (χ2v) is 5.11. The van der Waals surface area contributed by atoms with Gasteiger partial charge in [-0.2, -0.15) is 0 Å². The van der Waals surface area contributed by atoms with Gasteiger partial charge in [-0.05, 0) is 32.7 Å². The number of hydrogen-bond donors (Lipinski definition) is 5. The highest BCUT2D eigenvalue weighted by atomic mass is 35.5. The summed E-state index contributed by atoms with van der Waals surface area (Å²) in [6.45, 7) is 6.00. The van der Waals surface area contributed by atoms with Crippen molar-refractivity contribution in [2.75, 3.05) is 13.2 Å². The van der Waals surface area contributed by atoms with Crippen molar-refractivity contribution < 1.29 is 0 Å². The van der Waals surface area contributed by atoms with E-state index in [1.165, 1.54) is 19.3 Å². The minimum Gasteiger partial charge on any atom is -0.314 e. The third-order valence-electron chi connectivity index (χ3n) is 3.13. The molecule has 0 aromatic heterocycles. The lowest BCUT2D eigenvalue weighted by Gasteiger charge is -2.19. The number of halogens is 1. The van der Waals surface area contributed by atoms with E-state index < -0.39 is 5.62 Å². The highest BCUT2D eigenvalue weighted by Gasteiger charge is 2.23. The van der Waals surface area contributed by atoms with Gasteiger partial charge in [0, 0.05) is 18.8 Å². The zero-order valence-electron chi connectivity index (χ0n) is 10.8. The summed E-state index contributed by atoms with van der Waals surface area (Å²) in [5.41, 5.74) is 4.93. The van der Waals surface area contributed by atoms with Crippen LogP contribution in [0.5, 0.6) is 0 Å². The number of nitrogens with one attached hydrogen (secondary N) is 4. The van der Waals surface area contributed by atoms with Gasteiger partial charge < -0.3 is 16.4 Å². The van der Waals surface area contributed by atoms with Crippen molar-refractivity contribution in [2.45, 2.75) is 57.0 Å². The predicted molar refractivity (Wildman–Crippen MR) is 72.7 cm³/mol. The maximum absolute atomic E-state index is 5.63. The Balaban J connectivity index is 2.04. The standard InChI is InChI=1S/C11H26ClN5/c1-3-14-9-4-5-10(6-9)16-7-15-8(2)17-11(12)13/h8-11,14-17H,3-7,13H2,1-2H3. The molecular weight excluding hydrogens is 238 g/mol. The van der Waals surface area contributed by atoms with E-state index in [1.807, 2.05) is 6.92 Å². The molecule has 6 heteroatoms. The van der Waals surface area contributed by atoms with Crippen molar-refractivity contribution >= 4 is 11.6 Å². The van der Waals surface area contributed by atoms with Crippen LogP contribution in [0.2, 0.25) is 0 Å². The molecule has 6 N–H and O–H groups in total. The molecule has 4 unspecified atom stereocenters. The number of nitrogens with two attached hydrogens (primary N) is 1. The van der Waals surface area contributed by atoms with Crippen molar-refractivity contribution in [3.8, 4) is 0 Å². The maximum Gasteiger partial charge on any atom is 0.133 e. The Bertz CT molecular complexity index is 202. The van der Waals surface area contributed by atoms with Gasteiger partial charge in [0.15, 0.2) is 0 Å². The Morgan fingerprint density at radius 2 is 1.94 bits per heavy atom. The molecule has 0 saturated heterocycles. The molecule has 0 bridgehead atoms. The lowest BCUT2D eigenvalue weighted by molar-refractivity contribution is 0.395. The van der Waals surface area contributed by atoms with Gasteiger partial charge in [-0.3, -0.25) is 10.6 Å². The van der Waals surface area contributed by atoms with Gasteiger partial charge in [0.05, 0.1) is 6.17 Å². The summed E-state index contributed by atoms with van der Waals surface area (Å²) in [6, 6.07) is 1.30. The fourth-order valence-corrected chi connectivity index (χ4v) is 2.48. The maximum atomic E-state index is 5.63. The molecule has 0 aromatic carbocycles. The summed E-state index contributed by atoms with van der Waals surface area (Å²) in [4.78, 5) is 0. The Morgan fingerprint density at radius 3 is 2.53 bits per heavy atom. The molecule has 1 saturated carbocycles. The molecule has 5 nitrogen and oxygen atoms in total. The molecule has 0 spiro atoms. The molecule has 1 fully saturated rings. The fraction of sp³-hybridized carbons (Fsp3) is 1.00. The van der Waals surface area contributed by atoms with Crippen molar-refractivity contribution in [1.82, 2.24) is 21.3 Å². The van der Waals surface area contributed by atoms with E-state index in [1.54, 1.807) is 0 Å². The average Bonchev–Trinajstić information content (AvgIpc) is 2.65. The lowest BCUT2D eigenvalue weighted by atomic mass is 10.2. The fourth-order valence-electron chi connectivity index (χ4n) is 2.30. The number of rotatable bonds is 8. The van der Waals surface area contributed by atoms with Gasteiger partial charge in [0.25, 0.3) is 0 Å². The molecule has 1 aliphatic rings. The molecular formula is C11H26ClN5. The SMILES string of the molecule is CCNC1CCC(NCNC(C)NC(N)Cl)C1. The Hall–Kier alpha value is 0.0900. The van der Waals surface area contributed by atoms with Gasteiger partial charge >= 0.3 is 0 Å². The molecule has 0 radical (unpaired) electrons. The van der Waals surface area contributed by atoms with Crippen LogP contribution < -0.4 is 27.0 Å². The minimum absolute atomic E-state index is 0.112. The van der Waals surface area contributed by atoms with Crippen LogP contribution >= 0.6 is 11.6 Å². The van der Waals surface area contributed by atoms with Crippen LogP contribution in [0.25, 0.3) is 0 Å². The van der Waals surface area contributed by atoms with Gasteiger partial charge in [-0.25, -0.2) is 0 Å². The summed E-state index contributed by atoms with van der Waals surface area (Å²) < 4.78 is 0. The van der Waals surface area contributed by atoms with E-state index in [9.17, 15) is 0 Å². The zero-order valence-corrected chi connectivity index (χ0v) is 11.6. The number of alkyl halides is 1. The molecule has 1 aliphatic carbocycles. The van der Waals surface area contributed by atoms with E-state index in [-0.39, 0.29) is 6.17 Å². The molecule has 0 aromatic rings. The second kappa shape index (κ2) is 8.24. The van der Waals surface area contributed by atoms with E-state index >= 15 is 0 Å². The highest BCUT2D eigenvalue weighted by Crippen LogP contribution is 2.18. The average molecular weight is 264 g/mol. The van der Waals surface area contributed by atoms with Crippen LogP contribution in [0.3, 0.4) is 0 Å². The summed E-state index contributed by atoms with van der Waals surface area (Å²) in [5, 5.41) is 13.2. The first-order valence-electron chi connectivity index (χ1n) is 6.47. The quantitative estimate of drug-likeness (QED) is 0.244. The Morgan fingerprint density at radius 1 is 1.29 bits per heavy atom. The first-order chi connectivity index (χ1) is 8.11. The van der Waals surface area contributed by atoms with Crippen molar-refractivity contribution in [2.24, 2.45) is 5.73 Å². The van der Waals surface area contributed by atoms with Crippen LogP contribution in [-0.2, 0) is 0 Å². The Labute approximate surface area is 109 Å². The van der Waals surface area contributed by atoms with Crippen molar-refractivity contribution in [1.29, 1.82) is 0 Å². The lowest BCUT2D eigenvalue weighted by Crippen LogP contribution is -2.50. The molecule has 0 aliphatic heterocycles. The van der Waals surface area contributed by atoms with E-state index in [0.29, 0.717) is 12.1 Å². The monoisotopic (exact) mass is 263 g/mol. The van der Waals surface area contributed by atoms with Gasteiger partial charge in [-0.15, -0.1) is 0 Å². The molecule has 1 rings (SSSR count). The van der Waals surface area contributed by atoms with Crippen LogP contribution in [0.15, 0.2) is 0 Å². The van der Waals surface area contributed by atoms with Gasteiger partial charge in [0.1, 0.15) is 5.62 Å². The first kappa shape index (κ1) is 15.1. The van der Waals surface area contributed by atoms with Crippen molar-refractivity contribution in [3.05, 3.63) is 0 Å². The van der Waals surface area contributed by atoms with E-state index in [4.69, 9.17) is 17.3 Å². The van der Waals surface area contributed by atoms with Crippen LogP contribution in [0.4, 0.5) is 0 Å². The zero-order chi connectivity index (χ0) is 12.7. The van der Waals surface area contributed by atoms with Gasteiger partial charge in [0.2, 0.25) is 0 Å². The van der Waals surface area contributed by atoms with Crippen molar-refractivity contribution in [3.63, 3.8) is 0 Å². The number of hydrogen-bond acceptors (Lipinski definition) is 5. The second-order valence-electron chi connectivity index (χ2n) is 4.64. The Kier molecular flexibility index (Phi) is 7.34. The van der Waals surface area contributed by atoms with E-state index in [0.717, 1.165) is 13.2 Å². The summed E-state index contributed by atoms with van der Waals surface area (Å²) in [5.74, 6) is 0. The third kappa shape index (κ3) is 6.55. The molecule has 17 heavy (non-hydrogen) atoms. The molecule has 0 amide bonds. The topological polar surface area (TPSA) is 74.1 Å². The molecule has 0 heterocycles. The summed E-state index contributed by atoms with van der Waals surface area (Å²) in [6.07, 6.45) is 3.84. The summed E-state index contributed by atoms with van der Waals surface area (Å²) in [7, 11) is 0. The summed E-state index contributed by atoms with van der Waals surface area (Å²) >= 11 is 5.63. The third-order valence-corrected chi connectivity index (χ3v) is 3.26. The smallest absolute Gasteiger partial charge is 0.133 e. The minimum atomic E-state index is -0.498.